The molecule has 0 radical (unpaired) electrons. The normalized spacial score (nSPS) is 11.6. The predicted octanol–water partition coefficient (Wildman–Crippen LogP) is 2.06. The van der Waals surface area contributed by atoms with E-state index in [-0.39, 0.29) is 5.82 Å². The Kier molecular flexibility index (Phi) is 3.36. The molecular weight excluding hydrogens is 319 g/mol. The van der Waals surface area contributed by atoms with Crippen LogP contribution in [-0.4, -0.2) is 31.3 Å². The highest BCUT2D eigenvalue weighted by Gasteiger charge is 2.34. The van der Waals surface area contributed by atoms with Crippen molar-refractivity contribution in [3.05, 3.63) is 28.5 Å². The van der Waals surface area contributed by atoms with E-state index in [1.807, 2.05) is 0 Å². The van der Waals surface area contributed by atoms with Gasteiger partial charge in [0.1, 0.15) is 5.82 Å². The van der Waals surface area contributed by atoms with Crippen LogP contribution >= 0.6 is 15.9 Å². The summed E-state index contributed by atoms with van der Waals surface area (Å²) in [7, 11) is 0. The molecule has 0 unspecified atom stereocenters. The largest absolute Gasteiger partial charge is 0.479 e. The van der Waals surface area contributed by atoms with Crippen LogP contribution in [0.15, 0.2) is 22.7 Å². The van der Waals surface area contributed by atoms with Crippen LogP contribution in [0.1, 0.15) is 13.8 Å². The van der Waals surface area contributed by atoms with Gasteiger partial charge in [0.05, 0.1) is 0 Å². The van der Waals surface area contributed by atoms with Gasteiger partial charge >= 0.3 is 5.97 Å². The number of rotatable bonds is 3. The molecule has 1 N–H and O–H groups in total. The van der Waals surface area contributed by atoms with Crippen LogP contribution in [0, 0.1) is 5.82 Å². The molecule has 2 aromatic rings. The first-order valence-electron chi connectivity index (χ1n) is 5.31. The summed E-state index contributed by atoms with van der Waals surface area (Å²) in [4.78, 5) is 11.3. The molecule has 1 heterocycles. The topological polar surface area (TPSA) is 80.9 Å². The van der Waals surface area contributed by atoms with E-state index in [0.717, 1.165) is 4.68 Å². The predicted molar refractivity (Wildman–Crippen MR) is 67.9 cm³/mol. The third-order valence-electron chi connectivity index (χ3n) is 2.69. The first-order valence-corrected chi connectivity index (χ1v) is 6.11. The molecule has 0 amide bonds. The van der Waals surface area contributed by atoms with Gasteiger partial charge in [0.25, 0.3) is 0 Å². The fraction of sp³-hybridized carbons (Fsp3) is 0.273. The number of carbonyl (C=O) groups is 1. The summed E-state index contributed by atoms with van der Waals surface area (Å²) in [6.07, 6.45) is 0. The molecule has 0 saturated heterocycles. The van der Waals surface area contributed by atoms with E-state index in [1.54, 1.807) is 0 Å². The molecule has 0 saturated carbocycles. The fourth-order valence-electron chi connectivity index (χ4n) is 1.49. The van der Waals surface area contributed by atoms with E-state index in [9.17, 15) is 14.3 Å². The molecule has 6 nitrogen and oxygen atoms in total. The Bertz CT molecular complexity index is 641. The maximum atomic E-state index is 13.3. The number of hydrogen-bond acceptors (Lipinski definition) is 4. The number of carboxylic acid groups (broad SMARTS) is 1. The van der Waals surface area contributed by atoms with Crippen LogP contribution in [0.3, 0.4) is 0 Å². The van der Waals surface area contributed by atoms with Crippen molar-refractivity contribution in [1.82, 2.24) is 20.2 Å². The second-order valence-electron chi connectivity index (χ2n) is 4.40. The smallest absolute Gasteiger partial charge is 0.331 e. The Morgan fingerprint density at radius 2 is 2.16 bits per heavy atom. The van der Waals surface area contributed by atoms with E-state index >= 15 is 0 Å². The van der Waals surface area contributed by atoms with Gasteiger partial charge in [0.2, 0.25) is 0 Å². The van der Waals surface area contributed by atoms with Crippen LogP contribution in [0.5, 0.6) is 0 Å². The molecule has 0 fully saturated rings. The number of halogens is 2. The Balaban J connectivity index is 2.63. The van der Waals surface area contributed by atoms with Gasteiger partial charge in [-0.25, -0.2) is 13.9 Å². The van der Waals surface area contributed by atoms with Crippen LogP contribution in [0.2, 0.25) is 0 Å². The maximum Gasteiger partial charge on any atom is 0.331 e. The highest BCUT2D eigenvalue weighted by atomic mass is 79.9. The van der Waals surface area contributed by atoms with Gasteiger partial charge in [-0.05, 0) is 42.5 Å². The second-order valence-corrected chi connectivity index (χ2v) is 5.26. The van der Waals surface area contributed by atoms with Gasteiger partial charge in [-0.2, -0.15) is 0 Å². The lowest BCUT2D eigenvalue weighted by Gasteiger charge is -2.20. The van der Waals surface area contributed by atoms with Gasteiger partial charge in [0, 0.05) is 10.0 Å². The van der Waals surface area contributed by atoms with E-state index < -0.39 is 17.3 Å². The van der Waals surface area contributed by atoms with Gasteiger partial charge in [0.15, 0.2) is 11.4 Å². The Hall–Kier alpha value is -1.83. The highest BCUT2D eigenvalue weighted by molar-refractivity contribution is 9.10. The second kappa shape index (κ2) is 4.69. The SMILES string of the molecule is CC(C)(C(=O)O)n1nnnc1-c1cc(F)ccc1Br. The minimum Gasteiger partial charge on any atom is -0.479 e. The quantitative estimate of drug-likeness (QED) is 0.932. The summed E-state index contributed by atoms with van der Waals surface area (Å²) in [6, 6.07) is 4.03. The molecule has 19 heavy (non-hydrogen) atoms. The Morgan fingerprint density at radius 3 is 2.79 bits per heavy atom. The number of tetrazole rings is 1. The third-order valence-corrected chi connectivity index (χ3v) is 3.38. The van der Waals surface area contributed by atoms with E-state index in [4.69, 9.17) is 0 Å². The lowest BCUT2D eigenvalue weighted by atomic mass is 10.1. The van der Waals surface area contributed by atoms with Crippen molar-refractivity contribution in [3.8, 4) is 11.4 Å². The number of aromatic nitrogens is 4. The lowest BCUT2D eigenvalue weighted by Crippen LogP contribution is -2.37. The molecule has 0 bridgehead atoms. The zero-order valence-electron chi connectivity index (χ0n) is 10.1. The monoisotopic (exact) mass is 328 g/mol. The van der Waals surface area contributed by atoms with Crippen molar-refractivity contribution in [2.75, 3.05) is 0 Å². The van der Waals surface area contributed by atoms with Crippen LogP contribution in [0.4, 0.5) is 4.39 Å². The van der Waals surface area contributed by atoms with Crippen LogP contribution in [0.25, 0.3) is 11.4 Å². The van der Waals surface area contributed by atoms with E-state index in [0.29, 0.717) is 10.0 Å². The molecule has 8 heteroatoms. The summed E-state index contributed by atoms with van der Waals surface area (Å²) < 4.78 is 15.0. The van der Waals surface area contributed by atoms with Crippen molar-refractivity contribution < 1.29 is 14.3 Å². The van der Waals surface area contributed by atoms with Gasteiger partial charge in [-0.1, -0.05) is 15.9 Å². The maximum absolute atomic E-state index is 13.3. The zero-order valence-corrected chi connectivity index (χ0v) is 11.7. The molecule has 2 rings (SSSR count). The molecule has 0 aliphatic carbocycles. The van der Waals surface area contributed by atoms with Gasteiger partial charge in [-0.3, -0.25) is 0 Å². The van der Waals surface area contributed by atoms with Crippen molar-refractivity contribution >= 4 is 21.9 Å². The van der Waals surface area contributed by atoms with Crippen molar-refractivity contribution in [1.29, 1.82) is 0 Å². The van der Waals surface area contributed by atoms with Gasteiger partial charge < -0.3 is 5.11 Å². The summed E-state index contributed by atoms with van der Waals surface area (Å²) in [5.74, 6) is -1.37. The summed E-state index contributed by atoms with van der Waals surface area (Å²) >= 11 is 3.27. The highest BCUT2D eigenvalue weighted by Crippen LogP contribution is 2.29. The van der Waals surface area contributed by atoms with E-state index in [1.165, 1.54) is 32.0 Å². The zero-order chi connectivity index (χ0) is 14.2. The summed E-state index contributed by atoms with van der Waals surface area (Å²) in [5.41, 5.74) is -0.954. The average Bonchev–Trinajstić information content (AvgIpc) is 2.81. The molecular formula is C11H10BrFN4O2. The lowest BCUT2D eigenvalue weighted by molar-refractivity contribution is -0.146. The van der Waals surface area contributed by atoms with Crippen LogP contribution in [-0.2, 0) is 10.3 Å². The molecule has 0 atom stereocenters. The molecule has 1 aromatic heterocycles. The Morgan fingerprint density at radius 1 is 1.47 bits per heavy atom. The molecule has 0 spiro atoms. The number of hydrogen-bond donors (Lipinski definition) is 1. The van der Waals surface area contributed by atoms with Crippen molar-refractivity contribution in [2.24, 2.45) is 0 Å². The first kappa shape index (κ1) is 13.6. The number of carboxylic acids is 1. The van der Waals surface area contributed by atoms with Crippen molar-refractivity contribution in [3.63, 3.8) is 0 Å². The summed E-state index contributed by atoms with van der Waals surface area (Å²) in [6.45, 7) is 2.92. The Labute approximate surface area is 116 Å². The van der Waals surface area contributed by atoms with Crippen molar-refractivity contribution in [2.45, 2.75) is 19.4 Å². The average molecular weight is 329 g/mol. The molecule has 0 aliphatic heterocycles. The first-order chi connectivity index (χ1) is 8.84. The minimum atomic E-state index is -1.34. The van der Waals surface area contributed by atoms with Gasteiger partial charge in [-0.15, -0.1) is 5.10 Å². The third kappa shape index (κ3) is 2.35. The number of benzene rings is 1. The summed E-state index contributed by atoms with van der Waals surface area (Å²) in [5, 5.41) is 20.1. The standard InChI is InChI=1S/C11H10BrFN4O2/c1-11(2,10(18)19)17-9(14-15-16-17)7-5-6(13)3-4-8(7)12/h3-5H,1-2H3,(H,18,19). The molecule has 1 aromatic carbocycles. The molecule has 100 valence electrons. The number of nitrogens with zero attached hydrogens (tertiary/aromatic N) is 4. The van der Waals surface area contributed by atoms with E-state index in [2.05, 4.69) is 31.5 Å². The number of aliphatic carboxylic acids is 1. The molecule has 0 aliphatic rings. The minimum absolute atomic E-state index is 0.179. The fourth-order valence-corrected chi connectivity index (χ4v) is 1.91. The van der Waals surface area contributed by atoms with Crippen LogP contribution < -0.4 is 0 Å².